The second-order valence-corrected chi connectivity index (χ2v) is 7.66. The van der Waals surface area contributed by atoms with Crippen LogP contribution in [0, 0.1) is 5.82 Å². The van der Waals surface area contributed by atoms with E-state index in [4.69, 9.17) is 0 Å². The number of halogens is 1. The van der Waals surface area contributed by atoms with Gasteiger partial charge in [0.15, 0.2) is 0 Å². The van der Waals surface area contributed by atoms with E-state index in [0.29, 0.717) is 5.69 Å². The van der Waals surface area contributed by atoms with Gasteiger partial charge in [-0.1, -0.05) is 30.3 Å². The molecule has 0 radical (unpaired) electrons. The first kappa shape index (κ1) is 18.7. The smallest absolute Gasteiger partial charge is 0.270 e. The Morgan fingerprint density at radius 3 is 2.86 bits per heavy atom. The van der Waals surface area contributed by atoms with Gasteiger partial charge in [-0.05, 0) is 55.6 Å². The molecule has 1 aliphatic rings. The summed E-state index contributed by atoms with van der Waals surface area (Å²) in [6.45, 7) is 2.98. The van der Waals surface area contributed by atoms with Gasteiger partial charge < -0.3 is 14.8 Å². The van der Waals surface area contributed by atoms with Crippen molar-refractivity contribution in [1.82, 2.24) is 14.8 Å². The fraction of sp³-hybridized carbons (Fsp3) is 0.348. The first-order chi connectivity index (χ1) is 13.6. The maximum absolute atomic E-state index is 13.4. The van der Waals surface area contributed by atoms with E-state index >= 15 is 0 Å². The largest absolute Gasteiger partial charge is 0.351 e. The summed E-state index contributed by atoms with van der Waals surface area (Å²) in [5.41, 5.74) is 2.65. The van der Waals surface area contributed by atoms with Crippen LogP contribution in [0.5, 0.6) is 0 Å². The normalized spacial score (nSPS) is 17.7. The monoisotopic (exact) mass is 379 g/mol. The maximum Gasteiger partial charge on any atom is 0.270 e. The molecule has 1 atom stereocenters. The lowest BCUT2D eigenvalue weighted by atomic mass is 10.0. The van der Waals surface area contributed by atoms with Crippen LogP contribution in [0.1, 0.15) is 28.9 Å². The Kier molecular flexibility index (Phi) is 5.44. The highest BCUT2D eigenvalue weighted by atomic mass is 19.1. The lowest BCUT2D eigenvalue weighted by Gasteiger charge is -2.37. The number of likely N-dealkylation sites (N-methyl/N-ethyl adjacent to an activating group) is 1. The Labute approximate surface area is 165 Å². The van der Waals surface area contributed by atoms with Gasteiger partial charge in [-0.2, -0.15) is 0 Å². The zero-order valence-corrected chi connectivity index (χ0v) is 16.2. The summed E-state index contributed by atoms with van der Waals surface area (Å²) in [6.07, 6.45) is 3.13. The van der Waals surface area contributed by atoms with Gasteiger partial charge in [-0.25, -0.2) is 4.39 Å². The third-order valence-electron chi connectivity index (χ3n) is 5.72. The van der Waals surface area contributed by atoms with Gasteiger partial charge in [-0.15, -0.1) is 0 Å². The van der Waals surface area contributed by atoms with Gasteiger partial charge in [0.25, 0.3) is 5.91 Å². The van der Waals surface area contributed by atoms with Gasteiger partial charge in [0, 0.05) is 37.1 Å². The topological polar surface area (TPSA) is 39.3 Å². The van der Waals surface area contributed by atoms with Crippen molar-refractivity contribution >= 4 is 16.8 Å². The van der Waals surface area contributed by atoms with Crippen molar-refractivity contribution in [1.29, 1.82) is 0 Å². The zero-order chi connectivity index (χ0) is 19.5. The van der Waals surface area contributed by atoms with Gasteiger partial charge >= 0.3 is 0 Å². The summed E-state index contributed by atoms with van der Waals surface area (Å²) in [7, 11) is 1.87. The number of aromatic amines is 1. The number of hydrogen-bond acceptors (Lipinski definition) is 2. The van der Waals surface area contributed by atoms with Crippen LogP contribution in [0.25, 0.3) is 10.9 Å². The average molecular weight is 379 g/mol. The number of rotatable bonds is 5. The van der Waals surface area contributed by atoms with Crippen molar-refractivity contribution < 1.29 is 9.18 Å². The Hall–Kier alpha value is -2.66. The van der Waals surface area contributed by atoms with Gasteiger partial charge in [0.05, 0.1) is 0 Å². The molecule has 146 valence electrons. The molecule has 1 N–H and O–H groups in total. The molecule has 1 fully saturated rings. The Bertz CT molecular complexity index is 953. The molecular formula is C23H26FN3O. The van der Waals surface area contributed by atoms with E-state index in [9.17, 15) is 9.18 Å². The number of carbonyl (C=O) groups excluding carboxylic acids is 1. The van der Waals surface area contributed by atoms with E-state index in [1.807, 2.05) is 18.0 Å². The SMILES string of the molecule is CN(C(=O)c1cc2cc(F)ccc2[nH]1)[C@H]1CCCN(CCc2ccccc2)C1. The Morgan fingerprint density at radius 2 is 2.04 bits per heavy atom. The van der Waals surface area contributed by atoms with E-state index in [1.54, 1.807) is 12.1 Å². The van der Waals surface area contributed by atoms with E-state index in [-0.39, 0.29) is 17.8 Å². The number of carbonyl (C=O) groups is 1. The standard InChI is InChI=1S/C23H26FN3O/c1-26(23(28)22-15-18-14-19(24)9-10-21(18)25-22)20-8-5-12-27(16-20)13-11-17-6-3-2-4-7-17/h2-4,6-7,9-10,14-15,20,25H,5,8,11-13,16H2,1H3/t20-/m0/s1. The van der Waals surface area contributed by atoms with Crippen molar-refractivity contribution in [2.24, 2.45) is 0 Å². The number of piperidine rings is 1. The molecule has 0 unspecified atom stereocenters. The molecule has 0 aliphatic carbocycles. The van der Waals surface area contributed by atoms with Crippen LogP contribution < -0.4 is 0 Å². The summed E-state index contributed by atoms with van der Waals surface area (Å²) in [5.74, 6) is -0.327. The number of fused-ring (bicyclic) bond motifs is 1. The van der Waals surface area contributed by atoms with Gasteiger partial charge in [0.1, 0.15) is 11.5 Å². The van der Waals surface area contributed by atoms with Gasteiger partial charge in [-0.3, -0.25) is 4.79 Å². The summed E-state index contributed by atoms with van der Waals surface area (Å²) < 4.78 is 13.4. The fourth-order valence-corrected chi connectivity index (χ4v) is 4.06. The number of hydrogen-bond donors (Lipinski definition) is 1. The fourth-order valence-electron chi connectivity index (χ4n) is 4.06. The molecule has 1 amide bonds. The minimum Gasteiger partial charge on any atom is -0.351 e. The lowest BCUT2D eigenvalue weighted by molar-refractivity contribution is 0.0614. The number of likely N-dealkylation sites (tertiary alicyclic amines) is 1. The summed E-state index contributed by atoms with van der Waals surface area (Å²) in [6, 6.07) is 17.0. The zero-order valence-electron chi connectivity index (χ0n) is 16.2. The minimum atomic E-state index is -0.291. The molecular weight excluding hydrogens is 353 g/mol. The second kappa shape index (κ2) is 8.15. The van der Waals surface area contributed by atoms with Crippen molar-refractivity contribution in [3.63, 3.8) is 0 Å². The predicted molar refractivity (Wildman–Crippen MR) is 110 cm³/mol. The number of benzene rings is 2. The van der Waals surface area contributed by atoms with Crippen LogP contribution >= 0.6 is 0 Å². The average Bonchev–Trinajstić information content (AvgIpc) is 3.15. The summed E-state index contributed by atoms with van der Waals surface area (Å²) in [4.78, 5) is 20.4. The third kappa shape index (κ3) is 4.09. The van der Waals surface area contributed by atoms with Crippen LogP contribution in [0.2, 0.25) is 0 Å². The van der Waals surface area contributed by atoms with E-state index in [1.165, 1.54) is 17.7 Å². The number of aromatic nitrogens is 1. The van der Waals surface area contributed by atoms with E-state index < -0.39 is 0 Å². The van der Waals surface area contributed by atoms with Crippen molar-refractivity contribution in [3.05, 3.63) is 71.7 Å². The van der Waals surface area contributed by atoms with Crippen molar-refractivity contribution in [3.8, 4) is 0 Å². The Balaban J connectivity index is 1.40. The van der Waals surface area contributed by atoms with Crippen LogP contribution in [0.15, 0.2) is 54.6 Å². The van der Waals surface area contributed by atoms with Gasteiger partial charge in [0.2, 0.25) is 0 Å². The minimum absolute atomic E-state index is 0.0356. The quantitative estimate of drug-likeness (QED) is 0.725. The number of nitrogens with zero attached hydrogens (tertiary/aromatic N) is 2. The lowest BCUT2D eigenvalue weighted by Crippen LogP contribution is -2.49. The molecule has 0 bridgehead atoms. The van der Waals surface area contributed by atoms with Crippen molar-refractivity contribution in [2.75, 3.05) is 26.7 Å². The number of H-pyrrole nitrogens is 1. The highest BCUT2D eigenvalue weighted by Crippen LogP contribution is 2.21. The molecule has 28 heavy (non-hydrogen) atoms. The number of nitrogens with one attached hydrogen (secondary N) is 1. The molecule has 1 aliphatic heterocycles. The first-order valence-electron chi connectivity index (χ1n) is 9.92. The predicted octanol–water partition coefficient (Wildman–Crippen LogP) is 4.09. The summed E-state index contributed by atoms with van der Waals surface area (Å²) in [5, 5.41) is 0.727. The number of amides is 1. The highest BCUT2D eigenvalue weighted by Gasteiger charge is 2.27. The van der Waals surface area contributed by atoms with Crippen LogP contribution in [-0.4, -0.2) is 53.4 Å². The van der Waals surface area contributed by atoms with Crippen LogP contribution in [-0.2, 0) is 6.42 Å². The molecule has 0 spiro atoms. The molecule has 2 aromatic carbocycles. The van der Waals surface area contributed by atoms with Crippen molar-refractivity contribution in [2.45, 2.75) is 25.3 Å². The highest BCUT2D eigenvalue weighted by molar-refractivity contribution is 5.98. The third-order valence-corrected chi connectivity index (χ3v) is 5.72. The molecule has 3 aromatic rings. The molecule has 0 saturated carbocycles. The van der Waals surface area contributed by atoms with Crippen LogP contribution in [0.4, 0.5) is 4.39 Å². The molecule has 4 rings (SSSR count). The summed E-state index contributed by atoms with van der Waals surface area (Å²) >= 11 is 0. The Morgan fingerprint density at radius 1 is 1.21 bits per heavy atom. The maximum atomic E-state index is 13.4. The first-order valence-corrected chi connectivity index (χ1v) is 9.92. The van der Waals surface area contributed by atoms with Crippen LogP contribution in [0.3, 0.4) is 0 Å². The molecule has 1 saturated heterocycles. The molecule has 5 heteroatoms. The van der Waals surface area contributed by atoms with E-state index in [0.717, 1.165) is 49.8 Å². The molecule has 2 heterocycles. The molecule has 4 nitrogen and oxygen atoms in total. The van der Waals surface area contributed by atoms with E-state index in [2.05, 4.69) is 34.1 Å². The second-order valence-electron chi connectivity index (χ2n) is 7.66. The molecule has 1 aromatic heterocycles.